The van der Waals surface area contributed by atoms with Gasteiger partial charge in [0.25, 0.3) is 0 Å². The number of alkyl carbamates (subject to hydrolysis) is 1. The molecule has 192 valence electrons. The van der Waals surface area contributed by atoms with Crippen LogP contribution in [0.15, 0.2) is 40.3 Å². The van der Waals surface area contributed by atoms with Gasteiger partial charge in [0.2, 0.25) is 0 Å². The lowest BCUT2D eigenvalue weighted by Crippen LogP contribution is -2.40. The van der Waals surface area contributed by atoms with Gasteiger partial charge in [0, 0.05) is 43.0 Å². The molecule has 0 radical (unpaired) electrons. The van der Waals surface area contributed by atoms with E-state index in [0.29, 0.717) is 23.3 Å². The Balaban J connectivity index is 1.28. The lowest BCUT2D eigenvalue weighted by molar-refractivity contribution is 0.0509. The molecule has 11 heteroatoms. The van der Waals surface area contributed by atoms with Gasteiger partial charge in [0.05, 0.1) is 22.3 Å². The molecule has 0 spiro atoms. The molecule has 1 saturated carbocycles. The van der Waals surface area contributed by atoms with Crippen LogP contribution in [0.5, 0.6) is 0 Å². The summed E-state index contributed by atoms with van der Waals surface area (Å²) < 4.78 is 5.45. The zero-order chi connectivity index (χ0) is 25.7. The van der Waals surface area contributed by atoms with E-state index in [1.165, 1.54) is 30.2 Å². The van der Waals surface area contributed by atoms with Crippen molar-refractivity contribution in [3.8, 4) is 0 Å². The molecule has 2 aliphatic carbocycles. The molecule has 3 aromatic heterocycles. The van der Waals surface area contributed by atoms with Crippen LogP contribution in [0.25, 0.3) is 16.2 Å². The van der Waals surface area contributed by atoms with E-state index in [0.717, 1.165) is 51.9 Å². The van der Waals surface area contributed by atoms with E-state index >= 15 is 0 Å². The molecule has 0 aromatic carbocycles. The van der Waals surface area contributed by atoms with Crippen LogP contribution in [0.3, 0.4) is 0 Å². The number of nitrogens with zero attached hydrogens (tertiary/aromatic N) is 6. The van der Waals surface area contributed by atoms with Gasteiger partial charge in [-0.15, -0.1) is 0 Å². The van der Waals surface area contributed by atoms with Crippen LogP contribution in [0.4, 0.5) is 10.6 Å². The van der Waals surface area contributed by atoms with E-state index in [4.69, 9.17) is 26.3 Å². The number of anilines is 1. The number of carbonyl (C=O) groups is 1. The summed E-state index contributed by atoms with van der Waals surface area (Å²) in [5.41, 5.74) is 3.98. The van der Waals surface area contributed by atoms with Gasteiger partial charge in [-0.25, -0.2) is 24.7 Å². The zero-order valence-corrected chi connectivity index (χ0v) is 22.6. The lowest BCUT2D eigenvalue weighted by atomic mass is 10.1. The third-order valence-corrected chi connectivity index (χ3v) is 7.85. The van der Waals surface area contributed by atoms with Crippen LogP contribution in [-0.4, -0.2) is 55.7 Å². The fourth-order valence-corrected chi connectivity index (χ4v) is 6.01. The van der Waals surface area contributed by atoms with Gasteiger partial charge >= 0.3 is 6.09 Å². The summed E-state index contributed by atoms with van der Waals surface area (Å²) >= 11 is 8.40. The van der Waals surface area contributed by atoms with Gasteiger partial charge in [0.1, 0.15) is 16.9 Å². The van der Waals surface area contributed by atoms with Crippen molar-refractivity contribution in [2.24, 2.45) is 5.92 Å². The van der Waals surface area contributed by atoms with Crippen molar-refractivity contribution in [2.75, 3.05) is 18.0 Å². The van der Waals surface area contributed by atoms with Gasteiger partial charge in [-0.2, -0.15) is 0 Å². The molecule has 3 aliphatic rings. The minimum atomic E-state index is -0.539. The molecule has 1 amide bonds. The largest absolute Gasteiger partial charge is 0.444 e. The first kappa shape index (κ1) is 24.4. The molecular formula is C26H28ClN7O2S. The van der Waals surface area contributed by atoms with E-state index in [9.17, 15) is 4.79 Å². The molecule has 2 fully saturated rings. The summed E-state index contributed by atoms with van der Waals surface area (Å²) in [6.07, 6.45) is 8.58. The second kappa shape index (κ2) is 9.40. The van der Waals surface area contributed by atoms with Crippen molar-refractivity contribution in [1.82, 2.24) is 30.2 Å². The van der Waals surface area contributed by atoms with E-state index in [-0.39, 0.29) is 6.04 Å². The number of carbonyl (C=O) groups excluding carboxylic acids is 1. The number of hydrogen-bond acceptors (Lipinski definition) is 9. The maximum absolute atomic E-state index is 12.3. The Labute approximate surface area is 224 Å². The van der Waals surface area contributed by atoms with Crippen LogP contribution in [-0.2, 0) is 11.2 Å². The number of nitrogens with one attached hydrogen (secondary N) is 1. The number of pyridine rings is 1. The van der Waals surface area contributed by atoms with Gasteiger partial charge in [-0.3, -0.25) is 4.98 Å². The van der Waals surface area contributed by atoms with Crippen LogP contribution >= 0.6 is 23.4 Å². The van der Waals surface area contributed by atoms with Crippen LogP contribution < -0.4 is 10.2 Å². The minimum absolute atomic E-state index is 0.0353. The highest BCUT2D eigenvalue weighted by Gasteiger charge is 2.38. The number of halogens is 1. The summed E-state index contributed by atoms with van der Waals surface area (Å²) in [5, 5.41) is 4.45. The first-order chi connectivity index (χ1) is 17.7. The summed E-state index contributed by atoms with van der Waals surface area (Å²) in [7, 11) is 0. The smallest absolute Gasteiger partial charge is 0.407 e. The van der Waals surface area contributed by atoms with E-state index < -0.39 is 11.7 Å². The number of rotatable bonds is 5. The monoisotopic (exact) mass is 537 g/mol. The number of amides is 1. The molecule has 9 nitrogen and oxygen atoms in total. The first-order valence-electron chi connectivity index (χ1n) is 12.5. The molecular weight excluding hydrogens is 510 g/mol. The molecule has 6 rings (SSSR count). The second-order valence-corrected chi connectivity index (χ2v) is 12.1. The van der Waals surface area contributed by atoms with E-state index in [1.54, 1.807) is 18.6 Å². The Bertz CT molecular complexity index is 1420. The molecule has 4 heterocycles. The normalized spacial score (nSPS) is 19.5. The minimum Gasteiger partial charge on any atom is -0.444 e. The molecule has 3 aromatic rings. The SMILES string of the molecule is CC(C)(C)OC(=O)N[C@@H]1CCN(c2nc(Sc3cnc4nccnc4c3)nc3c2C(Cl)=C(C2CC2)C3)C1. The van der Waals surface area contributed by atoms with Gasteiger partial charge in [-0.1, -0.05) is 11.6 Å². The van der Waals surface area contributed by atoms with Crippen molar-refractivity contribution in [3.63, 3.8) is 0 Å². The van der Waals surface area contributed by atoms with Crippen molar-refractivity contribution in [1.29, 1.82) is 0 Å². The highest BCUT2D eigenvalue weighted by atomic mass is 35.5. The molecule has 1 saturated heterocycles. The van der Waals surface area contributed by atoms with Crippen molar-refractivity contribution in [3.05, 3.63) is 41.5 Å². The Morgan fingerprint density at radius 3 is 2.76 bits per heavy atom. The fourth-order valence-electron chi connectivity index (χ4n) is 4.82. The lowest BCUT2D eigenvalue weighted by Gasteiger charge is -2.23. The van der Waals surface area contributed by atoms with Gasteiger partial charge in [0.15, 0.2) is 10.8 Å². The summed E-state index contributed by atoms with van der Waals surface area (Å²) in [6.45, 7) is 6.97. The third kappa shape index (κ3) is 5.22. The predicted octanol–water partition coefficient (Wildman–Crippen LogP) is 4.99. The highest BCUT2D eigenvalue weighted by molar-refractivity contribution is 7.99. The Kier molecular flexibility index (Phi) is 6.19. The van der Waals surface area contributed by atoms with Crippen molar-refractivity contribution >= 4 is 51.5 Å². The summed E-state index contributed by atoms with van der Waals surface area (Å²) in [5.74, 6) is 1.38. The average Bonchev–Trinajstić information content (AvgIpc) is 3.49. The summed E-state index contributed by atoms with van der Waals surface area (Å²) in [4.78, 5) is 38.4. The molecule has 37 heavy (non-hydrogen) atoms. The molecule has 1 aliphatic heterocycles. The number of aromatic nitrogens is 5. The first-order valence-corrected chi connectivity index (χ1v) is 13.7. The van der Waals surface area contributed by atoms with Crippen molar-refractivity contribution < 1.29 is 9.53 Å². The average molecular weight is 538 g/mol. The molecule has 1 atom stereocenters. The number of ether oxygens (including phenoxy) is 1. The standard InChI is InChI=1S/C26H28ClN7O2S/c1-26(2,3)36-25(35)31-15-6-9-34(13-15)23-20-18(11-17(21(20)27)14-4-5-14)32-24(33-23)37-16-10-19-22(30-12-16)29-8-7-28-19/h7-8,10,12,14-15H,4-6,9,11,13H2,1-3H3,(H,31,35)/t15-/m1/s1. The van der Waals surface area contributed by atoms with Crippen molar-refractivity contribution in [2.45, 2.75) is 68.1 Å². The Morgan fingerprint density at radius 2 is 1.97 bits per heavy atom. The molecule has 0 bridgehead atoms. The molecule has 0 unspecified atom stereocenters. The Morgan fingerprint density at radius 1 is 1.16 bits per heavy atom. The predicted molar refractivity (Wildman–Crippen MR) is 143 cm³/mol. The topological polar surface area (TPSA) is 106 Å². The van der Waals surface area contributed by atoms with E-state index in [2.05, 4.69) is 25.2 Å². The number of allylic oxidation sites excluding steroid dienone is 1. The summed E-state index contributed by atoms with van der Waals surface area (Å²) in [6, 6.07) is 1.92. The van der Waals surface area contributed by atoms with Crippen LogP contribution in [0.1, 0.15) is 51.3 Å². The Hall–Kier alpha value is -2.98. The second-order valence-electron chi connectivity index (χ2n) is 10.7. The number of fused-ring (bicyclic) bond motifs is 2. The molecule has 1 N–H and O–H groups in total. The third-order valence-electron chi connectivity index (χ3n) is 6.59. The maximum Gasteiger partial charge on any atom is 0.407 e. The van der Waals surface area contributed by atoms with Gasteiger partial charge < -0.3 is 15.0 Å². The van der Waals surface area contributed by atoms with Crippen LogP contribution in [0.2, 0.25) is 0 Å². The van der Waals surface area contributed by atoms with E-state index in [1.807, 2.05) is 26.8 Å². The highest BCUT2D eigenvalue weighted by Crippen LogP contribution is 2.50. The van der Waals surface area contributed by atoms with Crippen LogP contribution in [0, 0.1) is 5.92 Å². The number of hydrogen-bond donors (Lipinski definition) is 1. The zero-order valence-electron chi connectivity index (χ0n) is 21.0. The maximum atomic E-state index is 12.3. The fraction of sp³-hybridized carbons (Fsp3) is 0.462. The quantitative estimate of drug-likeness (QED) is 0.450. The van der Waals surface area contributed by atoms with Gasteiger partial charge in [-0.05, 0) is 69.4 Å².